The monoisotopic (exact) mass is 339 g/mol. The van der Waals surface area contributed by atoms with Gasteiger partial charge >= 0.3 is 0 Å². The summed E-state index contributed by atoms with van der Waals surface area (Å²) < 4.78 is 0.984. The fraction of sp³-hybridized carbons (Fsp3) is 0.533. The lowest BCUT2D eigenvalue weighted by atomic mass is 9.90. The smallest absolute Gasteiger partial charge is 0.247 e. The molecule has 0 saturated carbocycles. The van der Waals surface area contributed by atoms with Crippen molar-refractivity contribution in [2.45, 2.75) is 31.3 Å². The van der Waals surface area contributed by atoms with Crippen molar-refractivity contribution in [3.63, 3.8) is 0 Å². The molecule has 2 unspecified atom stereocenters. The number of halogens is 1. The maximum absolute atomic E-state index is 12.7. The van der Waals surface area contributed by atoms with Crippen LogP contribution in [0.1, 0.15) is 25.3 Å². The lowest BCUT2D eigenvalue weighted by Crippen LogP contribution is -2.55. The average Bonchev–Trinajstić information content (AvgIpc) is 2.47. The van der Waals surface area contributed by atoms with E-state index in [1.54, 1.807) is 6.92 Å². The Balaban J connectivity index is 2.16. The van der Waals surface area contributed by atoms with Gasteiger partial charge in [-0.15, -0.1) is 0 Å². The summed E-state index contributed by atoms with van der Waals surface area (Å²) in [5.74, 6) is -0.000211. The highest BCUT2D eigenvalue weighted by atomic mass is 79.9. The van der Waals surface area contributed by atoms with Crippen LogP contribution in [0.4, 0.5) is 0 Å². The minimum absolute atomic E-state index is 0.000211. The minimum Gasteiger partial charge on any atom is -0.339 e. The Hall–Kier alpha value is -0.910. The molecular formula is C15H22BrN3O. The number of nitrogens with zero attached hydrogens (tertiary/aromatic N) is 1. The molecule has 0 aliphatic carbocycles. The fourth-order valence-electron chi connectivity index (χ4n) is 2.65. The van der Waals surface area contributed by atoms with Crippen LogP contribution < -0.4 is 11.1 Å². The zero-order valence-electron chi connectivity index (χ0n) is 12.0. The zero-order valence-corrected chi connectivity index (χ0v) is 13.6. The SMILES string of the molecule is CNC1CCCN(C(=O)C(C)(N)c2ccc(Br)cc2)C1. The van der Waals surface area contributed by atoms with Crippen LogP contribution in [0.25, 0.3) is 0 Å². The molecule has 2 rings (SSSR count). The van der Waals surface area contributed by atoms with E-state index in [-0.39, 0.29) is 5.91 Å². The number of carbonyl (C=O) groups is 1. The molecule has 0 radical (unpaired) electrons. The van der Waals surface area contributed by atoms with Crippen LogP contribution in [0.2, 0.25) is 0 Å². The average molecular weight is 340 g/mol. The van der Waals surface area contributed by atoms with Gasteiger partial charge in [0.25, 0.3) is 0 Å². The number of rotatable bonds is 3. The van der Waals surface area contributed by atoms with Gasteiger partial charge in [0.05, 0.1) is 0 Å². The Labute approximate surface area is 128 Å². The lowest BCUT2D eigenvalue weighted by molar-refractivity contribution is -0.138. The van der Waals surface area contributed by atoms with Crippen LogP contribution in [0.15, 0.2) is 28.7 Å². The first-order valence-electron chi connectivity index (χ1n) is 6.96. The first kappa shape index (κ1) is 15.5. The number of hydrogen-bond donors (Lipinski definition) is 2. The molecule has 4 nitrogen and oxygen atoms in total. The Bertz CT molecular complexity index is 473. The van der Waals surface area contributed by atoms with Gasteiger partial charge in [-0.25, -0.2) is 0 Å². The van der Waals surface area contributed by atoms with Gasteiger partial charge in [0.2, 0.25) is 5.91 Å². The molecule has 1 heterocycles. The van der Waals surface area contributed by atoms with Gasteiger partial charge in [-0.2, -0.15) is 0 Å². The minimum atomic E-state index is -0.976. The van der Waals surface area contributed by atoms with Crippen LogP contribution >= 0.6 is 15.9 Å². The maximum Gasteiger partial charge on any atom is 0.247 e. The van der Waals surface area contributed by atoms with Crippen LogP contribution in [-0.4, -0.2) is 37.0 Å². The van der Waals surface area contributed by atoms with Gasteiger partial charge in [0, 0.05) is 23.6 Å². The molecule has 5 heteroatoms. The fourth-order valence-corrected chi connectivity index (χ4v) is 2.91. The van der Waals surface area contributed by atoms with Gasteiger partial charge in [0.15, 0.2) is 0 Å². The van der Waals surface area contributed by atoms with E-state index in [1.807, 2.05) is 36.2 Å². The number of carbonyl (C=O) groups excluding carboxylic acids is 1. The van der Waals surface area contributed by atoms with Gasteiger partial charge in [-0.3, -0.25) is 4.79 Å². The second kappa shape index (κ2) is 6.24. The first-order valence-corrected chi connectivity index (χ1v) is 7.76. The van der Waals surface area contributed by atoms with Crippen molar-refractivity contribution in [1.29, 1.82) is 0 Å². The summed E-state index contributed by atoms with van der Waals surface area (Å²) in [6.45, 7) is 3.32. The quantitative estimate of drug-likeness (QED) is 0.883. The van der Waals surface area contributed by atoms with Crippen LogP contribution in [0.3, 0.4) is 0 Å². The second-order valence-electron chi connectivity index (χ2n) is 5.59. The summed E-state index contributed by atoms with van der Waals surface area (Å²) in [4.78, 5) is 14.6. The van der Waals surface area contributed by atoms with Crippen molar-refractivity contribution < 1.29 is 4.79 Å². The van der Waals surface area contributed by atoms with E-state index in [1.165, 1.54) is 0 Å². The van der Waals surface area contributed by atoms with E-state index < -0.39 is 5.54 Å². The third-order valence-electron chi connectivity index (χ3n) is 4.01. The summed E-state index contributed by atoms with van der Waals surface area (Å²) >= 11 is 3.40. The maximum atomic E-state index is 12.7. The zero-order chi connectivity index (χ0) is 14.8. The van der Waals surface area contributed by atoms with Crippen LogP contribution in [0.5, 0.6) is 0 Å². The Morgan fingerprint density at radius 1 is 1.45 bits per heavy atom. The van der Waals surface area contributed by atoms with Crippen molar-refractivity contribution in [3.05, 3.63) is 34.3 Å². The molecule has 1 aliphatic heterocycles. The molecular weight excluding hydrogens is 318 g/mol. The highest BCUT2D eigenvalue weighted by molar-refractivity contribution is 9.10. The topological polar surface area (TPSA) is 58.4 Å². The Morgan fingerprint density at radius 3 is 2.70 bits per heavy atom. The number of nitrogens with one attached hydrogen (secondary N) is 1. The first-order chi connectivity index (χ1) is 9.45. The van der Waals surface area contributed by atoms with Crippen molar-refractivity contribution >= 4 is 21.8 Å². The summed E-state index contributed by atoms with van der Waals surface area (Å²) in [6.07, 6.45) is 2.13. The summed E-state index contributed by atoms with van der Waals surface area (Å²) in [5.41, 5.74) is 6.19. The molecule has 110 valence electrons. The predicted molar refractivity (Wildman–Crippen MR) is 84.3 cm³/mol. The van der Waals surface area contributed by atoms with E-state index in [9.17, 15) is 4.79 Å². The third kappa shape index (κ3) is 3.22. The highest BCUT2D eigenvalue weighted by Crippen LogP contribution is 2.24. The van der Waals surface area contributed by atoms with E-state index in [2.05, 4.69) is 21.2 Å². The van der Waals surface area contributed by atoms with E-state index in [0.29, 0.717) is 6.04 Å². The van der Waals surface area contributed by atoms with Gasteiger partial charge in [-0.1, -0.05) is 28.1 Å². The molecule has 1 aromatic rings. The number of likely N-dealkylation sites (tertiary alicyclic amines) is 1. The van der Waals surface area contributed by atoms with Crippen LogP contribution in [-0.2, 0) is 10.3 Å². The molecule has 0 bridgehead atoms. The predicted octanol–water partition coefficient (Wildman–Crippen LogP) is 1.83. The molecule has 3 N–H and O–H groups in total. The molecule has 1 saturated heterocycles. The molecule has 2 atom stereocenters. The van der Waals surface area contributed by atoms with Crippen molar-refractivity contribution in [3.8, 4) is 0 Å². The molecule has 1 fully saturated rings. The van der Waals surface area contributed by atoms with Gasteiger partial charge in [-0.05, 0) is 44.5 Å². The number of likely N-dealkylation sites (N-methyl/N-ethyl adjacent to an activating group) is 1. The van der Waals surface area contributed by atoms with Crippen molar-refractivity contribution in [1.82, 2.24) is 10.2 Å². The number of benzene rings is 1. The number of piperidine rings is 1. The Kier molecular flexibility index (Phi) is 4.83. The van der Waals surface area contributed by atoms with E-state index in [0.717, 1.165) is 36.0 Å². The summed E-state index contributed by atoms with van der Waals surface area (Å²) in [6, 6.07) is 8.01. The highest BCUT2D eigenvalue weighted by Gasteiger charge is 2.36. The standard InChI is InChI=1S/C15H22BrN3O/c1-15(17,11-5-7-12(16)8-6-11)14(20)19-9-3-4-13(10-19)18-2/h5-8,13,18H,3-4,9-10,17H2,1-2H3. The lowest BCUT2D eigenvalue weighted by Gasteiger charge is -2.37. The summed E-state index contributed by atoms with van der Waals surface area (Å²) in [5, 5.41) is 3.25. The summed E-state index contributed by atoms with van der Waals surface area (Å²) in [7, 11) is 1.94. The molecule has 1 aliphatic rings. The van der Waals surface area contributed by atoms with Gasteiger partial charge < -0.3 is 16.0 Å². The Morgan fingerprint density at radius 2 is 2.10 bits per heavy atom. The molecule has 1 amide bonds. The largest absolute Gasteiger partial charge is 0.339 e. The number of amides is 1. The second-order valence-corrected chi connectivity index (χ2v) is 6.50. The van der Waals surface area contributed by atoms with E-state index >= 15 is 0 Å². The van der Waals surface area contributed by atoms with Crippen molar-refractivity contribution in [2.24, 2.45) is 5.73 Å². The van der Waals surface area contributed by atoms with Crippen LogP contribution in [0, 0.1) is 0 Å². The van der Waals surface area contributed by atoms with Crippen molar-refractivity contribution in [2.75, 3.05) is 20.1 Å². The normalized spacial score (nSPS) is 22.4. The van der Waals surface area contributed by atoms with E-state index in [4.69, 9.17) is 5.73 Å². The molecule has 0 spiro atoms. The molecule has 1 aromatic carbocycles. The molecule has 20 heavy (non-hydrogen) atoms. The number of nitrogens with two attached hydrogens (primary N) is 1. The third-order valence-corrected chi connectivity index (χ3v) is 4.53. The van der Waals surface area contributed by atoms with Gasteiger partial charge in [0.1, 0.15) is 5.54 Å². The molecule has 0 aromatic heterocycles. The number of hydrogen-bond acceptors (Lipinski definition) is 3.